The first-order valence-corrected chi connectivity index (χ1v) is 12.8. The second-order valence-corrected chi connectivity index (χ2v) is 10.5. The summed E-state index contributed by atoms with van der Waals surface area (Å²) in [4.78, 5) is 39.7. The van der Waals surface area contributed by atoms with Crippen LogP contribution in [0, 0.1) is 0 Å². The number of thioether (sulfide) groups is 1. The van der Waals surface area contributed by atoms with Gasteiger partial charge in [0.15, 0.2) is 0 Å². The third kappa shape index (κ3) is 3.99. The van der Waals surface area contributed by atoms with Crippen LogP contribution in [0.25, 0.3) is 10.2 Å². The maximum atomic E-state index is 12.6. The number of hydrogen-bond acceptors (Lipinski definition) is 6. The summed E-state index contributed by atoms with van der Waals surface area (Å²) in [5.74, 6) is 1.93. The Hall–Kier alpha value is -1.38. The van der Waals surface area contributed by atoms with Crippen LogP contribution in [0.5, 0.6) is 0 Å². The van der Waals surface area contributed by atoms with Gasteiger partial charge in [-0.1, -0.05) is 0 Å². The first-order chi connectivity index (χ1) is 14.2. The van der Waals surface area contributed by atoms with Gasteiger partial charge in [0.1, 0.15) is 10.7 Å². The van der Waals surface area contributed by atoms with Gasteiger partial charge in [-0.2, -0.15) is 0 Å². The van der Waals surface area contributed by atoms with Gasteiger partial charge in [0.05, 0.1) is 16.9 Å². The minimum atomic E-state index is -0.00988. The van der Waals surface area contributed by atoms with Crippen LogP contribution in [0.1, 0.15) is 48.4 Å². The van der Waals surface area contributed by atoms with Crippen LogP contribution >= 0.6 is 23.1 Å². The number of aromatic amines is 1. The van der Waals surface area contributed by atoms with Crippen LogP contribution in [-0.2, 0) is 23.4 Å². The highest BCUT2D eigenvalue weighted by Crippen LogP contribution is 2.33. The van der Waals surface area contributed by atoms with Gasteiger partial charge in [-0.3, -0.25) is 14.5 Å². The van der Waals surface area contributed by atoms with Crippen LogP contribution < -0.4 is 5.56 Å². The zero-order valence-corrected chi connectivity index (χ0v) is 18.4. The maximum Gasteiger partial charge on any atom is 0.259 e. The molecule has 3 aliphatic rings. The predicted molar refractivity (Wildman–Crippen MR) is 119 cm³/mol. The molecular formula is C21H28N4O2S2. The molecule has 1 aliphatic carbocycles. The SMILES string of the molecule is O=C(CSCc1nc2sc3c(c2c(=O)[nH]1)CCCC3)N1CCC(N2CCCC2)C1. The van der Waals surface area contributed by atoms with Crippen molar-refractivity contribution in [3.8, 4) is 0 Å². The van der Waals surface area contributed by atoms with Gasteiger partial charge < -0.3 is 9.88 Å². The van der Waals surface area contributed by atoms with Crippen molar-refractivity contribution in [2.45, 2.75) is 56.7 Å². The van der Waals surface area contributed by atoms with E-state index in [1.165, 1.54) is 42.8 Å². The average molecular weight is 433 g/mol. The van der Waals surface area contributed by atoms with Gasteiger partial charge >= 0.3 is 0 Å². The molecule has 0 saturated carbocycles. The van der Waals surface area contributed by atoms with Crippen LogP contribution in [0.15, 0.2) is 4.79 Å². The first kappa shape index (κ1) is 19.6. The Morgan fingerprint density at radius 2 is 2.00 bits per heavy atom. The highest BCUT2D eigenvalue weighted by molar-refractivity contribution is 7.99. The molecule has 0 spiro atoms. The zero-order valence-electron chi connectivity index (χ0n) is 16.7. The van der Waals surface area contributed by atoms with Gasteiger partial charge in [0.2, 0.25) is 5.91 Å². The monoisotopic (exact) mass is 432 g/mol. The smallest absolute Gasteiger partial charge is 0.259 e. The second kappa shape index (κ2) is 8.40. The van der Waals surface area contributed by atoms with E-state index in [-0.39, 0.29) is 11.5 Å². The number of nitrogens with one attached hydrogen (secondary N) is 1. The number of likely N-dealkylation sites (tertiary alicyclic amines) is 2. The molecule has 0 bridgehead atoms. The zero-order chi connectivity index (χ0) is 19.8. The van der Waals surface area contributed by atoms with E-state index in [9.17, 15) is 9.59 Å². The van der Waals surface area contributed by atoms with E-state index in [1.807, 2.05) is 4.90 Å². The van der Waals surface area contributed by atoms with Crippen LogP contribution in [0.3, 0.4) is 0 Å². The van der Waals surface area contributed by atoms with Crippen molar-refractivity contribution in [3.63, 3.8) is 0 Å². The van der Waals surface area contributed by atoms with Crippen molar-refractivity contribution < 1.29 is 4.79 Å². The minimum Gasteiger partial charge on any atom is -0.340 e. The van der Waals surface area contributed by atoms with Crippen molar-refractivity contribution in [3.05, 3.63) is 26.6 Å². The number of amides is 1. The lowest BCUT2D eigenvalue weighted by atomic mass is 9.97. The van der Waals surface area contributed by atoms with E-state index in [2.05, 4.69) is 9.88 Å². The molecule has 0 radical (unpaired) electrons. The lowest BCUT2D eigenvalue weighted by molar-refractivity contribution is -0.127. The topological polar surface area (TPSA) is 69.3 Å². The Morgan fingerprint density at radius 1 is 1.17 bits per heavy atom. The molecule has 2 fully saturated rings. The van der Waals surface area contributed by atoms with E-state index >= 15 is 0 Å². The van der Waals surface area contributed by atoms with Crippen molar-refractivity contribution in [1.82, 2.24) is 19.8 Å². The molecule has 5 rings (SSSR count). The van der Waals surface area contributed by atoms with Crippen molar-refractivity contribution in [1.29, 1.82) is 0 Å². The molecule has 1 unspecified atom stereocenters. The third-order valence-corrected chi connectivity index (χ3v) is 8.63. The molecule has 29 heavy (non-hydrogen) atoms. The third-order valence-electron chi connectivity index (χ3n) is 6.51. The summed E-state index contributed by atoms with van der Waals surface area (Å²) < 4.78 is 0. The lowest BCUT2D eigenvalue weighted by Gasteiger charge is -2.23. The molecule has 2 saturated heterocycles. The molecule has 1 N–H and O–H groups in total. The Labute approximate surface area is 179 Å². The summed E-state index contributed by atoms with van der Waals surface area (Å²) in [7, 11) is 0. The molecule has 8 heteroatoms. The van der Waals surface area contributed by atoms with E-state index in [0.29, 0.717) is 23.4 Å². The molecule has 0 aromatic carbocycles. The summed E-state index contributed by atoms with van der Waals surface area (Å²) in [6.07, 6.45) is 8.13. The Morgan fingerprint density at radius 3 is 2.86 bits per heavy atom. The fourth-order valence-corrected chi connectivity index (χ4v) is 7.05. The normalized spacial score (nSPS) is 22.5. The molecule has 1 atom stereocenters. The number of H-pyrrole nitrogens is 1. The number of aryl methyl sites for hydroxylation is 2. The Balaban J connectivity index is 1.18. The highest BCUT2D eigenvalue weighted by Gasteiger charge is 2.31. The molecular weight excluding hydrogens is 404 g/mol. The summed E-state index contributed by atoms with van der Waals surface area (Å²) in [5, 5.41) is 0.805. The van der Waals surface area contributed by atoms with Gasteiger partial charge in [-0.25, -0.2) is 4.98 Å². The molecule has 2 aliphatic heterocycles. The predicted octanol–water partition coefficient (Wildman–Crippen LogP) is 2.79. The van der Waals surface area contributed by atoms with Gasteiger partial charge in [0.25, 0.3) is 5.56 Å². The minimum absolute atomic E-state index is 0.00988. The van der Waals surface area contributed by atoms with Crippen LogP contribution in [-0.4, -0.2) is 63.6 Å². The first-order valence-electron chi connectivity index (χ1n) is 10.8. The van der Waals surface area contributed by atoms with Crippen molar-refractivity contribution in [2.24, 2.45) is 0 Å². The van der Waals surface area contributed by atoms with Crippen LogP contribution in [0.2, 0.25) is 0 Å². The van der Waals surface area contributed by atoms with E-state index < -0.39 is 0 Å². The second-order valence-electron chi connectivity index (χ2n) is 8.42. The fourth-order valence-electron chi connectivity index (χ4n) is 4.98. The maximum absolute atomic E-state index is 12.6. The molecule has 1 amide bonds. The van der Waals surface area contributed by atoms with E-state index in [0.717, 1.165) is 49.0 Å². The number of carbonyl (C=O) groups excluding carboxylic acids is 1. The number of fused-ring (bicyclic) bond motifs is 3. The molecule has 4 heterocycles. The highest BCUT2D eigenvalue weighted by atomic mass is 32.2. The molecule has 6 nitrogen and oxygen atoms in total. The lowest BCUT2D eigenvalue weighted by Crippen LogP contribution is -2.37. The van der Waals surface area contributed by atoms with E-state index in [4.69, 9.17) is 4.98 Å². The van der Waals surface area contributed by atoms with Crippen LogP contribution in [0.4, 0.5) is 0 Å². The molecule has 156 valence electrons. The number of hydrogen-bond donors (Lipinski definition) is 1. The Bertz CT molecular complexity index is 963. The van der Waals surface area contributed by atoms with E-state index in [1.54, 1.807) is 23.1 Å². The largest absolute Gasteiger partial charge is 0.340 e. The summed E-state index contributed by atoms with van der Waals surface area (Å²) >= 11 is 3.23. The standard InChI is InChI=1S/C21H28N4O2S2/c26-18(25-10-7-14(11-25)24-8-3-4-9-24)13-28-12-17-22-20(27)19-15-5-1-2-6-16(15)29-21(19)23-17/h14H,1-13H2,(H,22,23,27). The number of nitrogens with zero attached hydrogens (tertiary/aromatic N) is 3. The average Bonchev–Trinajstić information content (AvgIpc) is 3.45. The number of aromatic nitrogens is 2. The summed E-state index contributed by atoms with van der Waals surface area (Å²) in [6.45, 7) is 4.13. The number of rotatable bonds is 5. The van der Waals surface area contributed by atoms with Crippen molar-refractivity contribution in [2.75, 3.05) is 31.9 Å². The molecule has 2 aromatic heterocycles. The van der Waals surface area contributed by atoms with Gasteiger partial charge in [-0.15, -0.1) is 23.1 Å². The van der Waals surface area contributed by atoms with Gasteiger partial charge in [-0.05, 0) is 63.6 Å². The fraction of sp³-hybridized carbons (Fsp3) is 0.667. The summed E-state index contributed by atoms with van der Waals surface area (Å²) in [6, 6.07) is 0.553. The molecule has 2 aromatic rings. The number of carbonyl (C=O) groups is 1. The summed E-state index contributed by atoms with van der Waals surface area (Å²) in [5.41, 5.74) is 1.21. The number of thiophene rings is 1. The van der Waals surface area contributed by atoms with Gasteiger partial charge in [0, 0.05) is 24.0 Å². The quantitative estimate of drug-likeness (QED) is 0.787. The van der Waals surface area contributed by atoms with Crippen molar-refractivity contribution >= 4 is 39.2 Å². The Kier molecular flexibility index (Phi) is 5.67.